The predicted molar refractivity (Wildman–Crippen MR) is 256 cm³/mol. The average Bonchev–Trinajstić information content (AvgIpc) is 4.04. The molecule has 0 bridgehead atoms. The summed E-state index contributed by atoms with van der Waals surface area (Å²) in [4.78, 5) is 15.9. The minimum Gasteiger partial charge on any atom is -0.456 e. The molecule has 0 N–H and O–H groups in total. The first-order valence-corrected chi connectivity index (χ1v) is 21.1. The SMILES string of the molecule is c1ccc(-c2cccc(-c3nc(-c4ccccc4)nc(-c4ccc5oc6cccc(-c7cccc8oc9ccccc9c78)c6c5c4-n4c5ccccc5c5ccccc54)n3)c2)cc1. The van der Waals surface area contributed by atoms with Gasteiger partial charge in [0.25, 0.3) is 0 Å². The van der Waals surface area contributed by atoms with Crippen molar-refractivity contribution >= 4 is 65.7 Å². The Morgan fingerprint density at radius 1 is 0.302 bits per heavy atom. The average molecular weight is 807 g/mol. The van der Waals surface area contributed by atoms with Gasteiger partial charge in [0.15, 0.2) is 17.5 Å². The lowest BCUT2D eigenvalue weighted by molar-refractivity contribution is 0.668. The Labute approximate surface area is 361 Å². The molecule has 0 saturated heterocycles. The van der Waals surface area contributed by atoms with Gasteiger partial charge >= 0.3 is 0 Å². The molecule has 13 aromatic rings. The minimum atomic E-state index is 0.553. The molecule has 0 aliphatic rings. The number of hydrogen-bond acceptors (Lipinski definition) is 5. The molecule has 0 aliphatic carbocycles. The van der Waals surface area contributed by atoms with E-state index in [4.69, 9.17) is 23.8 Å². The molecule has 0 saturated carbocycles. The first kappa shape index (κ1) is 35.2. The maximum Gasteiger partial charge on any atom is 0.166 e. The molecule has 9 aromatic carbocycles. The van der Waals surface area contributed by atoms with E-state index in [1.165, 1.54) is 0 Å². The van der Waals surface area contributed by atoms with Crippen molar-refractivity contribution in [3.63, 3.8) is 0 Å². The van der Waals surface area contributed by atoms with Gasteiger partial charge in [0.1, 0.15) is 22.3 Å². The van der Waals surface area contributed by atoms with E-state index >= 15 is 0 Å². The third-order valence-electron chi connectivity index (χ3n) is 12.3. The van der Waals surface area contributed by atoms with Crippen molar-refractivity contribution in [3.05, 3.63) is 206 Å². The van der Waals surface area contributed by atoms with Crippen molar-refractivity contribution in [1.29, 1.82) is 0 Å². The molecule has 63 heavy (non-hydrogen) atoms. The van der Waals surface area contributed by atoms with Gasteiger partial charge in [-0.15, -0.1) is 0 Å². The van der Waals surface area contributed by atoms with Crippen LogP contribution in [0.25, 0.3) is 128 Å². The highest BCUT2D eigenvalue weighted by atomic mass is 16.3. The zero-order chi connectivity index (χ0) is 41.4. The number of furan rings is 2. The molecule has 13 rings (SSSR count). The quantitative estimate of drug-likeness (QED) is 0.167. The first-order chi connectivity index (χ1) is 31.2. The normalized spacial score (nSPS) is 11.8. The molecule has 0 unspecified atom stereocenters. The number of rotatable bonds is 6. The van der Waals surface area contributed by atoms with Crippen LogP contribution in [0.3, 0.4) is 0 Å². The van der Waals surface area contributed by atoms with E-state index in [1.54, 1.807) is 0 Å². The van der Waals surface area contributed by atoms with Crippen LogP contribution in [0.1, 0.15) is 0 Å². The van der Waals surface area contributed by atoms with Crippen LogP contribution in [0, 0.1) is 0 Å². The second kappa shape index (κ2) is 14.0. The number of para-hydroxylation sites is 3. The lowest BCUT2D eigenvalue weighted by atomic mass is 9.94. The number of hydrogen-bond donors (Lipinski definition) is 0. The van der Waals surface area contributed by atoms with Crippen LogP contribution < -0.4 is 0 Å². The van der Waals surface area contributed by atoms with Gasteiger partial charge in [0.2, 0.25) is 0 Å². The fraction of sp³-hybridized carbons (Fsp3) is 0. The van der Waals surface area contributed by atoms with E-state index in [9.17, 15) is 0 Å². The third kappa shape index (κ3) is 5.55. The second-order valence-corrected chi connectivity index (χ2v) is 15.9. The van der Waals surface area contributed by atoms with Gasteiger partial charge in [-0.3, -0.25) is 0 Å². The first-order valence-electron chi connectivity index (χ1n) is 21.1. The van der Waals surface area contributed by atoms with Crippen molar-refractivity contribution < 1.29 is 8.83 Å². The standard InChI is InChI=1S/C57H34N4O2/c1-3-16-35(17-4-1)37-20-13-21-38(34-37)56-58-55(36-18-5-2-6-19-36)59-57(60-56)44-32-33-50-53(54(44)61-45-27-10-7-22-39(45)40-23-8-11-28-46(40)61)52-42(26-15-31-49(52)63-50)41-25-14-30-48-51(41)43-24-9-12-29-47(43)62-48/h1-34H. The largest absolute Gasteiger partial charge is 0.456 e. The van der Waals surface area contributed by atoms with Crippen LogP contribution in [-0.2, 0) is 0 Å². The highest BCUT2D eigenvalue weighted by Gasteiger charge is 2.26. The van der Waals surface area contributed by atoms with Gasteiger partial charge in [-0.05, 0) is 70.8 Å². The number of benzene rings is 9. The molecule has 4 heterocycles. The van der Waals surface area contributed by atoms with Gasteiger partial charge < -0.3 is 13.4 Å². The summed E-state index contributed by atoms with van der Waals surface area (Å²) in [7, 11) is 0. The number of aromatic nitrogens is 4. The minimum absolute atomic E-state index is 0.553. The van der Waals surface area contributed by atoms with E-state index in [1.807, 2.05) is 42.5 Å². The summed E-state index contributed by atoms with van der Waals surface area (Å²) in [5.41, 5.74) is 13.2. The van der Waals surface area contributed by atoms with Crippen molar-refractivity contribution in [2.45, 2.75) is 0 Å². The molecule has 0 atom stereocenters. The van der Waals surface area contributed by atoms with Crippen LogP contribution in [-0.4, -0.2) is 19.5 Å². The van der Waals surface area contributed by atoms with Crippen molar-refractivity contribution in [2.75, 3.05) is 0 Å². The molecule has 6 heteroatoms. The Balaban J connectivity index is 1.17. The van der Waals surface area contributed by atoms with Gasteiger partial charge in [0, 0.05) is 43.6 Å². The molecular formula is C57H34N4O2. The Morgan fingerprint density at radius 3 is 1.52 bits per heavy atom. The fourth-order valence-corrected chi connectivity index (χ4v) is 9.50. The van der Waals surface area contributed by atoms with Crippen molar-refractivity contribution in [1.82, 2.24) is 19.5 Å². The zero-order valence-corrected chi connectivity index (χ0v) is 33.7. The van der Waals surface area contributed by atoms with E-state index in [0.29, 0.717) is 17.5 Å². The summed E-state index contributed by atoms with van der Waals surface area (Å²) in [6.45, 7) is 0. The van der Waals surface area contributed by atoms with Crippen molar-refractivity contribution in [2.24, 2.45) is 0 Å². The van der Waals surface area contributed by atoms with Crippen LogP contribution >= 0.6 is 0 Å². The molecular weight excluding hydrogens is 773 g/mol. The predicted octanol–water partition coefficient (Wildman–Crippen LogP) is 15.1. The summed E-state index contributed by atoms with van der Waals surface area (Å²) < 4.78 is 15.7. The molecule has 4 aromatic heterocycles. The Hall–Kier alpha value is -8.61. The fourth-order valence-electron chi connectivity index (χ4n) is 9.50. The summed E-state index contributed by atoms with van der Waals surface area (Å²) in [5.74, 6) is 1.73. The highest BCUT2D eigenvalue weighted by Crippen LogP contribution is 2.47. The van der Waals surface area contributed by atoms with E-state index in [2.05, 4.69) is 168 Å². The Kier molecular flexibility index (Phi) is 7.80. The molecule has 6 nitrogen and oxygen atoms in total. The van der Waals surface area contributed by atoms with Crippen LogP contribution in [0.4, 0.5) is 0 Å². The van der Waals surface area contributed by atoms with Crippen LogP contribution in [0.5, 0.6) is 0 Å². The summed E-state index contributed by atoms with van der Waals surface area (Å²) in [6, 6.07) is 71.3. The topological polar surface area (TPSA) is 69.9 Å². The van der Waals surface area contributed by atoms with Gasteiger partial charge in [-0.2, -0.15) is 0 Å². The summed E-state index contributed by atoms with van der Waals surface area (Å²) >= 11 is 0. The smallest absolute Gasteiger partial charge is 0.166 e. The Morgan fingerprint density at radius 2 is 0.794 bits per heavy atom. The monoisotopic (exact) mass is 806 g/mol. The maximum absolute atomic E-state index is 6.90. The van der Waals surface area contributed by atoms with E-state index < -0.39 is 0 Å². The third-order valence-corrected chi connectivity index (χ3v) is 12.3. The van der Waals surface area contributed by atoms with Crippen LogP contribution in [0.2, 0.25) is 0 Å². The number of fused-ring (bicyclic) bond motifs is 9. The summed E-state index contributed by atoms with van der Waals surface area (Å²) in [5, 5.41) is 6.40. The van der Waals surface area contributed by atoms with Crippen LogP contribution in [0.15, 0.2) is 215 Å². The van der Waals surface area contributed by atoms with Gasteiger partial charge in [-0.1, -0.05) is 158 Å². The molecule has 0 amide bonds. The molecule has 0 spiro atoms. The van der Waals surface area contributed by atoms with E-state index in [0.717, 1.165) is 110 Å². The van der Waals surface area contributed by atoms with E-state index in [-0.39, 0.29) is 0 Å². The van der Waals surface area contributed by atoms with Gasteiger partial charge in [0.05, 0.1) is 22.1 Å². The molecule has 294 valence electrons. The zero-order valence-electron chi connectivity index (χ0n) is 33.7. The molecule has 0 fully saturated rings. The molecule has 0 radical (unpaired) electrons. The highest BCUT2D eigenvalue weighted by molar-refractivity contribution is 6.23. The lowest BCUT2D eigenvalue weighted by Crippen LogP contribution is -2.04. The maximum atomic E-state index is 6.90. The lowest BCUT2D eigenvalue weighted by Gasteiger charge is -2.17. The second-order valence-electron chi connectivity index (χ2n) is 15.9. The number of nitrogens with zero attached hydrogens (tertiary/aromatic N) is 4. The van der Waals surface area contributed by atoms with Gasteiger partial charge in [-0.25, -0.2) is 15.0 Å². The van der Waals surface area contributed by atoms with Crippen molar-refractivity contribution in [3.8, 4) is 62.1 Å². The molecule has 0 aliphatic heterocycles. The summed E-state index contributed by atoms with van der Waals surface area (Å²) in [6.07, 6.45) is 0. The Bertz CT molecular complexity index is 3870.